The van der Waals surface area contributed by atoms with E-state index in [0.717, 1.165) is 32.3 Å². The van der Waals surface area contributed by atoms with Gasteiger partial charge in [0.05, 0.1) is 0 Å². The van der Waals surface area contributed by atoms with Crippen LogP contribution in [-0.4, -0.2) is 33.7 Å². The Bertz CT molecular complexity index is 1190. The standard InChI is InChI=1S/C23H28N6.W/c1-14-9-16(3)20(11-15(14)2)26-23(24-6)25-13-28(7)22-12-21-19(10-17(22)4)18(5)29(8)27-21;/h6,9-12,24H,1-5,7-8H3,(H,25,26);. The maximum atomic E-state index is 5.77. The van der Waals surface area contributed by atoms with Gasteiger partial charge in [0, 0.05) is 0 Å². The molecule has 3 rings (SSSR count). The van der Waals surface area contributed by atoms with Crippen molar-refractivity contribution >= 4 is 39.1 Å². The molecule has 0 aliphatic rings. The number of anilines is 2. The first kappa shape index (κ1) is 22.1. The summed E-state index contributed by atoms with van der Waals surface area (Å²) in [5.41, 5.74) is 9.01. The van der Waals surface area contributed by atoms with Gasteiger partial charge in [0.2, 0.25) is 0 Å². The first-order valence-corrected chi connectivity index (χ1v) is 11.2. The molecule has 0 bridgehead atoms. The zero-order chi connectivity index (χ0) is 22.2. The molecule has 1 heterocycles. The van der Waals surface area contributed by atoms with E-state index in [-0.39, 0.29) is 0 Å². The minimum atomic E-state index is 0.505. The summed E-state index contributed by atoms with van der Waals surface area (Å²) < 4.78 is 2.80. The van der Waals surface area contributed by atoms with Crippen molar-refractivity contribution in [2.75, 3.05) is 17.3 Å². The molecule has 6 nitrogen and oxygen atoms in total. The fourth-order valence-electron chi connectivity index (χ4n) is 3.42. The van der Waals surface area contributed by atoms with Crippen molar-refractivity contribution < 1.29 is 24.3 Å². The van der Waals surface area contributed by atoms with Crippen molar-refractivity contribution in [1.29, 1.82) is 0 Å². The van der Waals surface area contributed by atoms with E-state index in [9.17, 15) is 0 Å². The van der Waals surface area contributed by atoms with E-state index in [0.29, 0.717) is 5.96 Å². The van der Waals surface area contributed by atoms with Crippen molar-refractivity contribution in [2.45, 2.75) is 34.6 Å². The second kappa shape index (κ2) is 8.64. The second-order valence-electron chi connectivity index (χ2n) is 7.69. The van der Waals surface area contributed by atoms with E-state index < -0.39 is 0 Å². The number of guanidine groups is 1. The Kier molecular flexibility index (Phi) is 6.37. The summed E-state index contributed by atoms with van der Waals surface area (Å²) in [4.78, 5) is 9.50. The summed E-state index contributed by atoms with van der Waals surface area (Å²) in [7, 11) is 3.99. The van der Waals surface area contributed by atoms with Crippen LogP contribution in [-0.2, 0) is 26.4 Å². The van der Waals surface area contributed by atoms with Crippen molar-refractivity contribution in [2.24, 2.45) is 12.0 Å². The SMILES string of the molecule is [CH-]=[NH+]/C(=N\[C](=[W])N(C)c1cc2nn(C)c(C)c2cc1C)Nc1cc(C)c(C)cc1C. The molecule has 0 aliphatic heterocycles. The number of fused-ring (bicyclic) bond motifs is 1. The van der Waals surface area contributed by atoms with Crippen LogP contribution in [0.4, 0.5) is 11.4 Å². The van der Waals surface area contributed by atoms with Crippen LogP contribution in [0.3, 0.4) is 0 Å². The molecule has 0 saturated carbocycles. The number of nitrogens with zero attached hydrogens (tertiary/aromatic N) is 4. The van der Waals surface area contributed by atoms with Gasteiger partial charge in [-0.25, -0.2) is 0 Å². The van der Waals surface area contributed by atoms with Crippen molar-refractivity contribution in [3.8, 4) is 0 Å². The quantitative estimate of drug-likeness (QED) is 0.287. The number of nitrogens with one attached hydrogen (secondary N) is 2. The van der Waals surface area contributed by atoms with Gasteiger partial charge in [-0.2, -0.15) is 0 Å². The van der Waals surface area contributed by atoms with Crippen LogP contribution in [0.5, 0.6) is 0 Å². The third-order valence-electron chi connectivity index (χ3n) is 5.53. The number of benzene rings is 2. The van der Waals surface area contributed by atoms with Crippen molar-refractivity contribution in [3.05, 3.63) is 52.2 Å². The van der Waals surface area contributed by atoms with Crippen LogP contribution in [0.15, 0.2) is 29.3 Å². The van der Waals surface area contributed by atoms with E-state index in [2.05, 4.69) is 79.2 Å². The Labute approximate surface area is 189 Å². The molecule has 0 unspecified atom stereocenters. The summed E-state index contributed by atoms with van der Waals surface area (Å²) in [5.74, 6) is 0.505. The first-order valence-electron chi connectivity index (χ1n) is 9.74. The third kappa shape index (κ3) is 4.29. The summed E-state index contributed by atoms with van der Waals surface area (Å²) in [6.45, 7) is 16.3. The van der Waals surface area contributed by atoms with E-state index in [1.165, 1.54) is 41.4 Å². The van der Waals surface area contributed by atoms with Crippen LogP contribution < -0.4 is 15.2 Å². The van der Waals surface area contributed by atoms with Crippen LogP contribution in [0, 0.1) is 34.6 Å². The molecular weight excluding hydrogens is 544 g/mol. The topological polar surface area (TPSA) is 59.4 Å². The number of hydrogen-bond acceptors (Lipinski definition) is 3. The van der Waals surface area contributed by atoms with E-state index in [4.69, 9.17) is 11.7 Å². The normalized spacial score (nSPS) is 11.6. The van der Waals surface area contributed by atoms with Gasteiger partial charge in [0.1, 0.15) is 0 Å². The molecule has 30 heavy (non-hydrogen) atoms. The zero-order valence-electron chi connectivity index (χ0n) is 18.6. The summed E-state index contributed by atoms with van der Waals surface area (Å²) >= 11 is 1.23. The summed E-state index contributed by atoms with van der Waals surface area (Å²) in [6, 6.07) is 8.58. The Morgan fingerprint density at radius 3 is 2.40 bits per heavy atom. The average molecular weight is 572 g/mol. The summed E-state index contributed by atoms with van der Waals surface area (Å²) in [5, 5.41) is 9.12. The zero-order valence-corrected chi connectivity index (χ0v) is 21.5. The molecular formula is C23H28N6W. The molecule has 0 radical (unpaired) electrons. The summed E-state index contributed by atoms with van der Waals surface area (Å²) in [6.07, 6.45) is 0. The Morgan fingerprint density at radius 2 is 1.73 bits per heavy atom. The Hall–Kier alpha value is -2.59. The molecule has 3 aromatic rings. The molecule has 156 valence electrons. The number of hydrogen-bond donors (Lipinski definition) is 2. The molecule has 0 fully saturated rings. The first-order chi connectivity index (χ1) is 14.1. The number of aliphatic imine (C=N–C) groups is 1. The van der Waals surface area contributed by atoms with Gasteiger partial charge < -0.3 is 0 Å². The molecule has 0 aliphatic carbocycles. The van der Waals surface area contributed by atoms with Gasteiger partial charge in [0.25, 0.3) is 0 Å². The van der Waals surface area contributed by atoms with Gasteiger partial charge in [-0.3, -0.25) is 0 Å². The minimum absolute atomic E-state index is 0.505. The molecule has 2 aromatic carbocycles. The number of aromatic nitrogens is 2. The fourth-order valence-corrected chi connectivity index (χ4v) is 4.10. The van der Waals surface area contributed by atoms with Crippen LogP contribution in [0.25, 0.3) is 10.9 Å². The van der Waals surface area contributed by atoms with Gasteiger partial charge in [0.15, 0.2) is 0 Å². The van der Waals surface area contributed by atoms with E-state index >= 15 is 0 Å². The Balaban J connectivity index is 1.90. The van der Waals surface area contributed by atoms with Gasteiger partial charge in [-0.05, 0) is 0 Å². The molecule has 0 saturated heterocycles. The molecule has 7 heteroatoms. The van der Waals surface area contributed by atoms with Crippen molar-refractivity contribution in [3.63, 3.8) is 0 Å². The predicted octanol–water partition coefficient (Wildman–Crippen LogP) is 2.31. The average Bonchev–Trinajstić information content (AvgIpc) is 2.97. The second-order valence-corrected chi connectivity index (χ2v) is 9.00. The Morgan fingerprint density at radius 1 is 1.07 bits per heavy atom. The van der Waals surface area contributed by atoms with E-state index in [1.54, 1.807) is 0 Å². The van der Waals surface area contributed by atoms with Crippen LogP contribution >= 0.6 is 0 Å². The van der Waals surface area contributed by atoms with Gasteiger partial charge in [-0.1, -0.05) is 0 Å². The van der Waals surface area contributed by atoms with Crippen LogP contribution in [0.1, 0.15) is 27.9 Å². The molecule has 0 spiro atoms. The van der Waals surface area contributed by atoms with Crippen LogP contribution in [0.2, 0.25) is 0 Å². The van der Waals surface area contributed by atoms with Gasteiger partial charge >= 0.3 is 189 Å². The predicted molar refractivity (Wildman–Crippen MR) is 122 cm³/mol. The number of rotatable bonds is 4. The molecule has 0 amide bonds. The van der Waals surface area contributed by atoms with Gasteiger partial charge in [-0.15, -0.1) is 0 Å². The molecule has 0 atom stereocenters. The number of aryl methyl sites for hydroxylation is 6. The monoisotopic (exact) mass is 572 g/mol. The van der Waals surface area contributed by atoms with Crippen molar-refractivity contribution in [1.82, 2.24) is 9.78 Å². The third-order valence-corrected chi connectivity index (χ3v) is 6.85. The maximum absolute atomic E-state index is 5.77. The fraction of sp³-hybridized carbons (Fsp3) is 0.304. The van der Waals surface area contributed by atoms with E-state index in [1.807, 2.05) is 18.8 Å². The molecule has 2 N–H and O–H groups in total. The molecule has 1 aromatic heterocycles.